The zero-order valence-electron chi connectivity index (χ0n) is 9.96. The van der Waals surface area contributed by atoms with Gasteiger partial charge in [0.25, 0.3) is 0 Å². The molecule has 0 aliphatic carbocycles. The van der Waals surface area contributed by atoms with Gasteiger partial charge in [-0.05, 0) is 43.4 Å². The summed E-state index contributed by atoms with van der Waals surface area (Å²) in [6, 6.07) is 7.65. The van der Waals surface area contributed by atoms with Gasteiger partial charge >= 0.3 is 0 Å². The Morgan fingerprint density at radius 3 is 2.31 bits per heavy atom. The summed E-state index contributed by atoms with van der Waals surface area (Å²) in [6.45, 7) is 10.3. The lowest BCUT2D eigenvalue weighted by Gasteiger charge is -2.18. The third-order valence-corrected chi connectivity index (χ3v) is 2.90. The quantitative estimate of drug-likeness (QED) is 0.428. The van der Waals surface area contributed by atoms with Crippen molar-refractivity contribution in [1.29, 1.82) is 0 Å². The fourth-order valence-electron chi connectivity index (χ4n) is 1.19. The van der Waals surface area contributed by atoms with Crippen molar-refractivity contribution in [2.45, 2.75) is 19.6 Å². The second kappa shape index (κ2) is 5.37. The van der Waals surface area contributed by atoms with Gasteiger partial charge in [0.05, 0.1) is 5.76 Å². The molecular weight excluding hydrogens is 236 g/mol. The van der Waals surface area contributed by atoms with Crippen LogP contribution < -0.4 is 0 Å². The maximum absolute atomic E-state index is 5.80. The van der Waals surface area contributed by atoms with Gasteiger partial charge in [-0.3, -0.25) is 0 Å². The summed E-state index contributed by atoms with van der Waals surface area (Å²) in [4.78, 5) is 0. The van der Waals surface area contributed by atoms with Crippen molar-refractivity contribution in [2.24, 2.45) is 0 Å². The minimum atomic E-state index is -1.54. The van der Waals surface area contributed by atoms with Gasteiger partial charge in [0.15, 0.2) is 0 Å². The highest BCUT2D eigenvalue weighted by Gasteiger charge is 2.15. The van der Waals surface area contributed by atoms with Crippen LogP contribution in [-0.2, 0) is 4.43 Å². The van der Waals surface area contributed by atoms with Gasteiger partial charge in [-0.1, -0.05) is 36.4 Å². The molecule has 0 heterocycles. The summed E-state index contributed by atoms with van der Waals surface area (Å²) < 4.78 is 5.71. The summed E-state index contributed by atoms with van der Waals surface area (Å²) in [7, 11) is -1.54. The fourth-order valence-corrected chi connectivity index (χ4v) is 2.17. The minimum Gasteiger partial charge on any atom is -0.545 e. The predicted octanol–water partition coefficient (Wildman–Crippen LogP) is 4.72. The second-order valence-electron chi connectivity index (χ2n) is 4.57. The molecule has 1 aromatic carbocycles. The first-order chi connectivity index (χ1) is 7.37. The van der Waals surface area contributed by atoms with E-state index in [9.17, 15) is 0 Å². The van der Waals surface area contributed by atoms with Gasteiger partial charge in [-0.15, -0.1) is 0 Å². The highest BCUT2D eigenvalue weighted by Crippen LogP contribution is 2.13. The van der Waals surface area contributed by atoms with Gasteiger partial charge in [-0.25, -0.2) is 0 Å². The van der Waals surface area contributed by atoms with E-state index in [4.69, 9.17) is 16.0 Å². The van der Waals surface area contributed by atoms with Crippen LogP contribution in [0.1, 0.15) is 5.56 Å². The highest BCUT2D eigenvalue weighted by atomic mass is 35.5. The standard InChI is InChI=1S/C13H17ClOSi/c1-11(15-16(2,3)4)5-6-12-7-9-13(14)10-8-12/h5-10H,1H2,2-4H3/b6-5+. The number of hydrogen-bond acceptors (Lipinski definition) is 1. The Morgan fingerprint density at radius 2 is 1.81 bits per heavy atom. The largest absolute Gasteiger partial charge is 0.545 e. The molecule has 0 bridgehead atoms. The van der Waals surface area contributed by atoms with Crippen LogP contribution in [0.4, 0.5) is 0 Å². The Hall–Kier alpha value is -0.993. The average molecular weight is 253 g/mol. The molecule has 0 saturated heterocycles. The summed E-state index contributed by atoms with van der Waals surface area (Å²) >= 11 is 5.80. The minimum absolute atomic E-state index is 0.717. The number of allylic oxidation sites excluding steroid dienone is 1. The number of rotatable bonds is 4. The van der Waals surface area contributed by atoms with E-state index in [1.165, 1.54) is 0 Å². The van der Waals surface area contributed by atoms with E-state index in [1.807, 2.05) is 36.4 Å². The van der Waals surface area contributed by atoms with E-state index < -0.39 is 8.32 Å². The molecule has 0 spiro atoms. The molecule has 3 heteroatoms. The molecule has 0 amide bonds. The van der Waals surface area contributed by atoms with Crippen LogP contribution in [0.3, 0.4) is 0 Å². The molecular formula is C13H17ClOSi. The van der Waals surface area contributed by atoms with E-state index in [2.05, 4.69) is 26.2 Å². The van der Waals surface area contributed by atoms with E-state index >= 15 is 0 Å². The zero-order chi connectivity index (χ0) is 12.2. The van der Waals surface area contributed by atoms with Crippen LogP contribution >= 0.6 is 11.6 Å². The lowest BCUT2D eigenvalue weighted by molar-refractivity contribution is 0.445. The zero-order valence-corrected chi connectivity index (χ0v) is 11.7. The van der Waals surface area contributed by atoms with Gasteiger partial charge in [0.1, 0.15) is 0 Å². The highest BCUT2D eigenvalue weighted by molar-refractivity contribution is 6.70. The van der Waals surface area contributed by atoms with Gasteiger partial charge in [0.2, 0.25) is 8.32 Å². The second-order valence-corrected chi connectivity index (χ2v) is 9.43. The van der Waals surface area contributed by atoms with Crippen LogP contribution in [0.2, 0.25) is 24.7 Å². The summed E-state index contributed by atoms with van der Waals surface area (Å²) in [6.07, 6.45) is 3.86. The molecule has 0 fully saturated rings. The number of hydrogen-bond donors (Lipinski definition) is 0. The molecule has 0 saturated carbocycles. The van der Waals surface area contributed by atoms with Crippen molar-refractivity contribution in [3.05, 3.63) is 53.3 Å². The molecule has 0 radical (unpaired) electrons. The van der Waals surface area contributed by atoms with E-state index in [0.717, 1.165) is 10.6 Å². The topological polar surface area (TPSA) is 9.23 Å². The van der Waals surface area contributed by atoms with Crippen molar-refractivity contribution in [3.8, 4) is 0 Å². The third-order valence-electron chi connectivity index (χ3n) is 1.77. The van der Waals surface area contributed by atoms with Crippen LogP contribution in [-0.4, -0.2) is 8.32 Å². The summed E-state index contributed by atoms with van der Waals surface area (Å²) in [5.41, 5.74) is 1.09. The van der Waals surface area contributed by atoms with Crippen molar-refractivity contribution < 1.29 is 4.43 Å². The molecule has 86 valence electrons. The molecule has 0 aliphatic heterocycles. The first-order valence-corrected chi connectivity index (χ1v) is 8.97. The Bertz CT molecular complexity index is 387. The molecule has 0 N–H and O–H groups in total. The van der Waals surface area contributed by atoms with Crippen LogP contribution in [0.15, 0.2) is 42.7 Å². The van der Waals surface area contributed by atoms with E-state index in [0.29, 0.717) is 5.76 Å². The van der Waals surface area contributed by atoms with Crippen LogP contribution in [0, 0.1) is 0 Å². The molecule has 1 aromatic rings. The number of halogens is 1. The molecule has 1 nitrogen and oxygen atoms in total. The number of benzene rings is 1. The lowest BCUT2D eigenvalue weighted by atomic mass is 10.2. The van der Waals surface area contributed by atoms with Crippen molar-refractivity contribution in [3.63, 3.8) is 0 Å². The maximum atomic E-state index is 5.80. The summed E-state index contributed by atoms with van der Waals surface area (Å²) in [5, 5.41) is 0.745. The van der Waals surface area contributed by atoms with Crippen molar-refractivity contribution in [2.75, 3.05) is 0 Å². The van der Waals surface area contributed by atoms with Crippen molar-refractivity contribution >= 4 is 26.0 Å². The van der Waals surface area contributed by atoms with Gasteiger partial charge in [-0.2, -0.15) is 0 Å². The smallest absolute Gasteiger partial charge is 0.242 e. The average Bonchev–Trinajstić information content (AvgIpc) is 2.14. The first kappa shape index (κ1) is 13.1. The third kappa shape index (κ3) is 5.19. The van der Waals surface area contributed by atoms with Crippen LogP contribution in [0.25, 0.3) is 6.08 Å². The monoisotopic (exact) mass is 252 g/mol. The van der Waals surface area contributed by atoms with Crippen LogP contribution in [0.5, 0.6) is 0 Å². The molecule has 0 aliphatic rings. The molecule has 0 unspecified atom stereocenters. The Labute approximate surface area is 104 Å². The van der Waals surface area contributed by atoms with Gasteiger partial charge < -0.3 is 4.43 Å². The van der Waals surface area contributed by atoms with Crippen molar-refractivity contribution in [1.82, 2.24) is 0 Å². The Balaban J connectivity index is 2.60. The lowest BCUT2D eigenvalue weighted by Crippen LogP contribution is -2.23. The molecule has 16 heavy (non-hydrogen) atoms. The SMILES string of the molecule is C=C(/C=C/c1ccc(Cl)cc1)O[Si](C)(C)C. The fraction of sp³-hybridized carbons (Fsp3) is 0.231. The Morgan fingerprint density at radius 1 is 1.25 bits per heavy atom. The predicted molar refractivity (Wildman–Crippen MR) is 74.1 cm³/mol. The first-order valence-electron chi connectivity index (χ1n) is 5.18. The Kier molecular flexibility index (Phi) is 4.39. The van der Waals surface area contributed by atoms with E-state index in [1.54, 1.807) is 0 Å². The maximum Gasteiger partial charge on any atom is 0.242 e. The molecule has 0 atom stereocenters. The molecule has 1 rings (SSSR count). The van der Waals surface area contributed by atoms with E-state index in [-0.39, 0.29) is 0 Å². The summed E-state index contributed by atoms with van der Waals surface area (Å²) in [5.74, 6) is 0.717. The van der Waals surface area contributed by atoms with Gasteiger partial charge in [0, 0.05) is 5.02 Å². The molecule has 0 aromatic heterocycles. The normalized spacial score (nSPS) is 11.8.